The fourth-order valence-electron chi connectivity index (χ4n) is 1.29. The molecule has 0 saturated carbocycles. The Morgan fingerprint density at radius 3 is 2.53 bits per heavy atom. The zero-order chi connectivity index (χ0) is 13.5. The average molecular weight is 270 g/mol. The molecule has 0 heterocycles. The molecule has 7 heteroatoms. The highest BCUT2D eigenvalue weighted by Gasteiger charge is 2.31. The van der Waals surface area contributed by atoms with Gasteiger partial charge in [0.2, 0.25) is 0 Å². The molecular formula is C10H17F3N2OS. The van der Waals surface area contributed by atoms with Crippen LogP contribution in [0.3, 0.4) is 0 Å². The van der Waals surface area contributed by atoms with E-state index in [0.29, 0.717) is 5.04 Å². The van der Waals surface area contributed by atoms with Gasteiger partial charge in [0.25, 0.3) is 0 Å². The first-order valence-electron chi connectivity index (χ1n) is 5.00. The van der Waals surface area contributed by atoms with Crippen LogP contribution in [-0.2, 0) is 0 Å². The second kappa shape index (κ2) is 7.73. The van der Waals surface area contributed by atoms with E-state index in [9.17, 15) is 18.3 Å². The lowest BCUT2D eigenvalue weighted by Gasteiger charge is -2.23. The number of thioether (sulfide) groups is 1. The fraction of sp³-hybridized carbons (Fsp3) is 0.700. The minimum absolute atomic E-state index is 0.197. The summed E-state index contributed by atoms with van der Waals surface area (Å²) in [6, 6.07) is -0.678. The molecule has 100 valence electrons. The Balaban J connectivity index is 4.53. The van der Waals surface area contributed by atoms with E-state index < -0.39 is 24.7 Å². The third kappa shape index (κ3) is 6.70. The monoisotopic (exact) mass is 270 g/mol. The molecule has 0 aromatic rings. The van der Waals surface area contributed by atoms with Gasteiger partial charge in [-0.25, -0.2) is 0 Å². The number of nitrogens with one attached hydrogen (secondary N) is 1. The summed E-state index contributed by atoms with van der Waals surface area (Å²) < 4.78 is 36.3. The highest BCUT2D eigenvalue weighted by Crippen LogP contribution is 2.23. The molecule has 0 aromatic heterocycles. The molecule has 0 radical (unpaired) electrons. The molecule has 0 saturated heterocycles. The Morgan fingerprint density at radius 2 is 2.18 bits per heavy atom. The molecule has 0 aliphatic carbocycles. The van der Waals surface area contributed by atoms with Crippen molar-refractivity contribution in [3.63, 3.8) is 0 Å². The highest BCUT2D eigenvalue weighted by molar-refractivity contribution is 8.13. The third-order valence-electron chi connectivity index (χ3n) is 2.17. The van der Waals surface area contributed by atoms with Crippen LogP contribution in [0.25, 0.3) is 0 Å². The third-order valence-corrected chi connectivity index (χ3v) is 2.94. The Kier molecular flexibility index (Phi) is 7.49. The van der Waals surface area contributed by atoms with Crippen molar-refractivity contribution in [1.29, 1.82) is 0 Å². The molecule has 0 spiro atoms. The molecule has 2 N–H and O–H groups in total. The Labute approximate surface area is 103 Å². The van der Waals surface area contributed by atoms with Crippen LogP contribution in [0.4, 0.5) is 13.2 Å². The van der Waals surface area contributed by atoms with Crippen LogP contribution in [0.15, 0.2) is 17.8 Å². The number of alkyl halides is 3. The van der Waals surface area contributed by atoms with Crippen molar-refractivity contribution in [2.24, 2.45) is 4.99 Å². The summed E-state index contributed by atoms with van der Waals surface area (Å²) in [5.74, 6) is 0. The second-order valence-corrected chi connectivity index (χ2v) is 4.17. The van der Waals surface area contributed by atoms with Gasteiger partial charge in [0.15, 0.2) is 0 Å². The summed E-state index contributed by atoms with van der Waals surface area (Å²) in [6.07, 6.45) is -3.46. The van der Waals surface area contributed by atoms with E-state index >= 15 is 0 Å². The molecule has 0 rings (SSSR count). The largest absolute Gasteiger partial charge is 0.389 e. The van der Waals surface area contributed by atoms with Crippen LogP contribution in [-0.4, -0.2) is 41.8 Å². The van der Waals surface area contributed by atoms with Crippen molar-refractivity contribution in [2.75, 3.05) is 13.3 Å². The van der Waals surface area contributed by atoms with Crippen molar-refractivity contribution in [2.45, 2.75) is 31.2 Å². The standard InChI is InChI=1S/C10H17F3N2OS/c1-4-15-9(17-3)8(16)7(14-2)5-6-10(11,12)13/h4,7-8,14,16H,1,5-6H2,2-3H3. The van der Waals surface area contributed by atoms with Gasteiger partial charge in [-0.3, -0.25) is 4.99 Å². The molecule has 2 unspecified atom stereocenters. The summed E-state index contributed by atoms with van der Waals surface area (Å²) in [7, 11) is 1.51. The van der Waals surface area contributed by atoms with E-state index in [1.54, 1.807) is 6.26 Å². The lowest BCUT2D eigenvalue weighted by Crippen LogP contribution is -2.42. The minimum atomic E-state index is -4.22. The number of halogens is 3. The second-order valence-electron chi connectivity index (χ2n) is 3.35. The van der Waals surface area contributed by atoms with Gasteiger partial charge in [-0.2, -0.15) is 13.2 Å². The predicted molar refractivity (Wildman–Crippen MR) is 65.3 cm³/mol. The van der Waals surface area contributed by atoms with Gasteiger partial charge in [0.05, 0.1) is 0 Å². The molecule has 17 heavy (non-hydrogen) atoms. The van der Waals surface area contributed by atoms with Crippen molar-refractivity contribution < 1.29 is 18.3 Å². The summed E-state index contributed by atoms with van der Waals surface area (Å²) in [4.78, 5) is 3.83. The van der Waals surface area contributed by atoms with Crippen molar-refractivity contribution >= 4 is 16.8 Å². The predicted octanol–water partition coefficient (Wildman–Crippen LogP) is 2.18. The van der Waals surface area contributed by atoms with E-state index in [4.69, 9.17) is 0 Å². The lowest BCUT2D eigenvalue weighted by molar-refractivity contribution is -0.137. The smallest absolute Gasteiger partial charge is 0.385 e. The van der Waals surface area contributed by atoms with Crippen molar-refractivity contribution in [1.82, 2.24) is 5.32 Å². The average Bonchev–Trinajstić information content (AvgIpc) is 2.24. The molecule has 0 aliphatic rings. The number of aliphatic hydroxyl groups is 1. The maximum atomic E-state index is 12.1. The van der Waals surface area contributed by atoms with Crippen molar-refractivity contribution in [3.8, 4) is 0 Å². The maximum absolute atomic E-state index is 12.1. The van der Waals surface area contributed by atoms with Gasteiger partial charge in [-0.15, -0.1) is 11.8 Å². The van der Waals surface area contributed by atoms with E-state index in [0.717, 1.165) is 0 Å². The molecule has 2 atom stereocenters. The van der Waals surface area contributed by atoms with E-state index in [1.165, 1.54) is 25.0 Å². The van der Waals surface area contributed by atoms with Gasteiger partial charge < -0.3 is 10.4 Å². The number of hydrogen-bond acceptors (Lipinski definition) is 4. The number of aliphatic hydroxyl groups excluding tert-OH is 1. The van der Waals surface area contributed by atoms with Gasteiger partial charge in [-0.1, -0.05) is 6.58 Å². The van der Waals surface area contributed by atoms with E-state index in [1.807, 2.05) is 0 Å². The van der Waals surface area contributed by atoms with Crippen LogP contribution >= 0.6 is 11.8 Å². The van der Waals surface area contributed by atoms with Crippen LogP contribution in [0.1, 0.15) is 12.8 Å². The molecule has 0 aliphatic heterocycles. The first kappa shape index (κ1) is 16.5. The number of rotatable bonds is 6. The van der Waals surface area contributed by atoms with Gasteiger partial charge >= 0.3 is 6.18 Å². The number of nitrogens with zero attached hydrogens (tertiary/aromatic N) is 1. The number of aliphatic imine (C=N–C) groups is 1. The SMILES string of the molecule is C=CN=C(SC)C(O)C(CCC(F)(F)F)NC. The van der Waals surface area contributed by atoms with Crippen LogP contribution in [0.2, 0.25) is 0 Å². The summed E-state index contributed by atoms with van der Waals surface area (Å²) >= 11 is 1.19. The maximum Gasteiger partial charge on any atom is 0.389 e. The summed E-state index contributed by atoms with van der Waals surface area (Å²) in [6.45, 7) is 3.39. The van der Waals surface area contributed by atoms with E-state index in [-0.39, 0.29) is 6.42 Å². The van der Waals surface area contributed by atoms with Crippen LogP contribution in [0, 0.1) is 0 Å². The Bertz CT molecular complexity index is 269. The molecule has 3 nitrogen and oxygen atoms in total. The lowest BCUT2D eigenvalue weighted by atomic mass is 10.1. The Hall–Kier alpha value is -0.530. The number of likely N-dealkylation sites (N-methyl/N-ethyl adjacent to an activating group) is 1. The number of hydrogen-bond donors (Lipinski definition) is 2. The highest BCUT2D eigenvalue weighted by atomic mass is 32.2. The topological polar surface area (TPSA) is 44.6 Å². The van der Waals surface area contributed by atoms with E-state index in [2.05, 4.69) is 16.9 Å². The van der Waals surface area contributed by atoms with Gasteiger partial charge in [0.1, 0.15) is 11.1 Å². The zero-order valence-corrected chi connectivity index (χ0v) is 10.6. The molecular weight excluding hydrogens is 253 g/mol. The quantitative estimate of drug-likeness (QED) is 0.574. The molecule has 0 bridgehead atoms. The first-order chi connectivity index (χ1) is 7.85. The molecule has 0 fully saturated rings. The van der Waals surface area contributed by atoms with Gasteiger partial charge in [0, 0.05) is 18.7 Å². The molecule has 0 aromatic carbocycles. The molecule has 0 amide bonds. The summed E-state index contributed by atoms with van der Waals surface area (Å²) in [5.41, 5.74) is 0. The Morgan fingerprint density at radius 1 is 1.59 bits per heavy atom. The summed E-state index contributed by atoms with van der Waals surface area (Å²) in [5, 5.41) is 12.9. The first-order valence-corrected chi connectivity index (χ1v) is 6.22. The van der Waals surface area contributed by atoms with Crippen LogP contribution < -0.4 is 5.32 Å². The zero-order valence-electron chi connectivity index (χ0n) is 9.79. The van der Waals surface area contributed by atoms with Gasteiger partial charge in [-0.05, 0) is 19.7 Å². The normalized spacial score (nSPS) is 16.7. The fourth-order valence-corrected chi connectivity index (χ4v) is 1.88. The minimum Gasteiger partial charge on any atom is -0.385 e. The van der Waals surface area contributed by atoms with Crippen LogP contribution in [0.5, 0.6) is 0 Å². The van der Waals surface area contributed by atoms with Crippen molar-refractivity contribution in [3.05, 3.63) is 12.8 Å².